The highest BCUT2D eigenvalue weighted by atomic mass is 32.2. The number of hydrogen-bond acceptors (Lipinski definition) is 2. The lowest BCUT2D eigenvalue weighted by Gasteiger charge is -2.22. The van der Waals surface area contributed by atoms with Gasteiger partial charge in [0.25, 0.3) is 0 Å². The maximum absolute atomic E-state index is 6.10. The van der Waals surface area contributed by atoms with Gasteiger partial charge in [-0.05, 0) is 24.5 Å². The molecule has 2 unspecified atom stereocenters. The zero-order valence-corrected chi connectivity index (χ0v) is 10.4. The molecule has 0 rings (SSSR count). The van der Waals surface area contributed by atoms with Crippen molar-refractivity contribution in [2.75, 3.05) is 5.75 Å². The Morgan fingerprint density at radius 3 is 2.23 bits per heavy atom. The maximum atomic E-state index is 6.10. The fourth-order valence-electron chi connectivity index (χ4n) is 1.38. The van der Waals surface area contributed by atoms with Crippen LogP contribution in [0.5, 0.6) is 0 Å². The third-order valence-electron chi connectivity index (χ3n) is 2.15. The highest BCUT2D eigenvalue weighted by molar-refractivity contribution is 7.99. The van der Waals surface area contributed by atoms with Crippen LogP contribution >= 0.6 is 11.8 Å². The van der Waals surface area contributed by atoms with Gasteiger partial charge in [-0.3, -0.25) is 0 Å². The van der Waals surface area contributed by atoms with E-state index in [1.165, 1.54) is 25.0 Å². The van der Waals surface area contributed by atoms with Gasteiger partial charge in [0, 0.05) is 11.3 Å². The van der Waals surface area contributed by atoms with Crippen LogP contribution in [-0.2, 0) is 0 Å². The molecule has 2 atom stereocenters. The normalized spacial score (nSPS) is 16.2. The Hall–Kier alpha value is 0.310. The molecular weight excluding hydrogens is 178 g/mol. The van der Waals surface area contributed by atoms with E-state index in [1.807, 2.05) is 0 Å². The minimum Gasteiger partial charge on any atom is -0.327 e. The molecule has 0 heterocycles. The fourth-order valence-corrected chi connectivity index (χ4v) is 2.63. The van der Waals surface area contributed by atoms with Crippen molar-refractivity contribution in [3.63, 3.8) is 0 Å². The summed E-state index contributed by atoms with van der Waals surface area (Å²) in [6.07, 6.45) is 3.59. The van der Waals surface area contributed by atoms with Gasteiger partial charge in [0.05, 0.1) is 0 Å². The molecule has 1 nitrogen and oxygen atoms in total. The minimum atomic E-state index is 0.402. The lowest BCUT2D eigenvalue weighted by atomic mass is 10.1. The Bertz CT molecular complexity index is 115. The Labute approximate surface area is 87.9 Å². The molecule has 0 aromatic carbocycles. The standard InChI is InChI=1S/C11H25NS/c1-5-7-10(12)11(6-2)13-8-9(3)4/h9-11H,5-8,12H2,1-4H3. The van der Waals surface area contributed by atoms with Gasteiger partial charge >= 0.3 is 0 Å². The summed E-state index contributed by atoms with van der Waals surface area (Å²) in [7, 11) is 0. The van der Waals surface area contributed by atoms with Crippen molar-refractivity contribution in [1.82, 2.24) is 0 Å². The second kappa shape index (κ2) is 7.69. The molecule has 0 aliphatic heterocycles. The van der Waals surface area contributed by atoms with Gasteiger partial charge in [-0.2, -0.15) is 11.8 Å². The van der Waals surface area contributed by atoms with Gasteiger partial charge < -0.3 is 5.73 Å². The van der Waals surface area contributed by atoms with Crippen LogP contribution in [0, 0.1) is 5.92 Å². The summed E-state index contributed by atoms with van der Waals surface area (Å²) in [6, 6.07) is 0.402. The van der Waals surface area contributed by atoms with E-state index in [2.05, 4.69) is 39.5 Å². The van der Waals surface area contributed by atoms with Gasteiger partial charge in [-0.25, -0.2) is 0 Å². The van der Waals surface area contributed by atoms with Crippen molar-refractivity contribution in [2.24, 2.45) is 11.7 Å². The van der Waals surface area contributed by atoms with E-state index in [4.69, 9.17) is 5.73 Å². The first-order valence-corrected chi connectivity index (χ1v) is 6.53. The van der Waals surface area contributed by atoms with Crippen LogP contribution in [0.25, 0.3) is 0 Å². The average molecular weight is 203 g/mol. The fraction of sp³-hybridized carbons (Fsp3) is 1.00. The van der Waals surface area contributed by atoms with Crippen LogP contribution in [-0.4, -0.2) is 17.0 Å². The molecule has 2 N–H and O–H groups in total. The Balaban J connectivity index is 3.73. The Morgan fingerprint density at radius 1 is 1.23 bits per heavy atom. The smallest absolute Gasteiger partial charge is 0.0196 e. The van der Waals surface area contributed by atoms with Gasteiger partial charge in [0.2, 0.25) is 0 Å². The molecule has 0 amide bonds. The topological polar surface area (TPSA) is 26.0 Å². The van der Waals surface area contributed by atoms with Crippen molar-refractivity contribution >= 4 is 11.8 Å². The third kappa shape index (κ3) is 6.39. The van der Waals surface area contributed by atoms with Crippen LogP contribution in [0.1, 0.15) is 47.0 Å². The molecule has 13 heavy (non-hydrogen) atoms. The second-order valence-electron chi connectivity index (χ2n) is 4.13. The van der Waals surface area contributed by atoms with Crippen molar-refractivity contribution in [3.8, 4) is 0 Å². The van der Waals surface area contributed by atoms with Gasteiger partial charge in [0.1, 0.15) is 0 Å². The summed E-state index contributed by atoms with van der Waals surface area (Å²) >= 11 is 2.05. The largest absolute Gasteiger partial charge is 0.327 e. The first-order chi connectivity index (χ1) is 6.11. The number of rotatable bonds is 7. The predicted molar refractivity (Wildman–Crippen MR) is 64.3 cm³/mol. The summed E-state index contributed by atoms with van der Waals surface area (Å²) in [5.41, 5.74) is 6.10. The molecule has 2 heteroatoms. The minimum absolute atomic E-state index is 0.402. The summed E-state index contributed by atoms with van der Waals surface area (Å²) in [5, 5.41) is 0.669. The van der Waals surface area contributed by atoms with Crippen molar-refractivity contribution in [2.45, 2.75) is 58.2 Å². The van der Waals surface area contributed by atoms with Gasteiger partial charge in [-0.15, -0.1) is 0 Å². The molecular formula is C11H25NS. The molecule has 0 aliphatic carbocycles. The van der Waals surface area contributed by atoms with Crippen LogP contribution in [0.2, 0.25) is 0 Å². The molecule has 0 aliphatic rings. The van der Waals surface area contributed by atoms with Crippen LogP contribution in [0.3, 0.4) is 0 Å². The summed E-state index contributed by atoms with van der Waals surface area (Å²) in [6.45, 7) is 8.99. The molecule has 0 spiro atoms. The van der Waals surface area contributed by atoms with E-state index in [0.29, 0.717) is 11.3 Å². The van der Waals surface area contributed by atoms with E-state index < -0.39 is 0 Å². The molecule has 0 saturated carbocycles. The maximum Gasteiger partial charge on any atom is 0.0196 e. The van der Waals surface area contributed by atoms with Crippen molar-refractivity contribution in [3.05, 3.63) is 0 Å². The van der Waals surface area contributed by atoms with Gasteiger partial charge in [-0.1, -0.05) is 34.1 Å². The predicted octanol–water partition coefficient (Wildman–Crippen LogP) is 3.28. The van der Waals surface area contributed by atoms with E-state index in [9.17, 15) is 0 Å². The van der Waals surface area contributed by atoms with Crippen molar-refractivity contribution in [1.29, 1.82) is 0 Å². The van der Waals surface area contributed by atoms with Crippen molar-refractivity contribution < 1.29 is 0 Å². The molecule has 0 saturated heterocycles. The monoisotopic (exact) mass is 203 g/mol. The molecule has 80 valence electrons. The van der Waals surface area contributed by atoms with Crippen LogP contribution < -0.4 is 5.73 Å². The van der Waals surface area contributed by atoms with E-state index >= 15 is 0 Å². The highest BCUT2D eigenvalue weighted by Gasteiger charge is 2.15. The number of thioether (sulfide) groups is 1. The molecule has 0 fully saturated rings. The molecule has 0 aromatic heterocycles. The lowest BCUT2D eigenvalue weighted by molar-refractivity contribution is 0.565. The summed E-state index contributed by atoms with van der Waals surface area (Å²) in [4.78, 5) is 0. The zero-order chi connectivity index (χ0) is 10.3. The van der Waals surface area contributed by atoms with Gasteiger partial charge in [0.15, 0.2) is 0 Å². The van der Waals surface area contributed by atoms with E-state index in [-0.39, 0.29) is 0 Å². The molecule has 0 bridgehead atoms. The average Bonchev–Trinajstić information content (AvgIpc) is 2.05. The first-order valence-electron chi connectivity index (χ1n) is 5.48. The third-order valence-corrected chi connectivity index (χ3v) is 4.12. The number of hydrogen-bond donors (Lipinski definition) is 1. The van der Waals surface area contributed by atoms with Crippen LogP contribution in [0.15, 0.2) is 0 Å². The second-order valence-corrected chi connectivity index (χ2v) is 5.40. The molecule has 0 aromatic rings. The zero-order valence-electron chi connectivity index (χ0n) is 9.55. The SMILES string of the molecule is CCCC(N)C(CC)SCC(C)C. The Morgan fingerprint density at radius 2 is 1.85 bits per heavy atom. The van der Waals surface area contributed by atoms with Crippen LogP contribution in [0.4, 0.5) is 0 Å². The quantitative estimate of drug-likeness (QED) is 0.687. The first kappa shape index (κ1) is 13.3. The number of nitrogens with two attached hydrogens (primary N) is 1. The van der Waals surface area contributed by atoms with E-state index in [1.54, 1.807) is 0 Å². The van der Waals surface area contributed by atoms with E-state index in [0.717, 1.165) is 5.92 Å². The Kier molecular flexibility index (Phi) is 7.87. The highest BCUT2D eigenvalue weighted by Crippen LogP contribution is 2.21. The lowest BCUT2D eigenvalue weighted by Crippen LogP contribution is -2.32. The molecule has 0 radical (unpaired) electrons. The summed E-state index contributed by atoms with van der Waals surface area (Å²) in [5.74, 6) is 2.03. The summed E-state index contributed by atoms with van der Waals surface area (Å²) < 4.78 is 0.